The van der Waals surface area contributed by atoms with E-state index in [1.165, 1.54) is 12.1 Å². The van der Waals surface area contributed by atoms with Crippen LogP contribution in [0.2, 0.25) is 0 Å². The number of methoxy groups -OCH3 is 1. The van der Waals surface area contributed by atoms with Gasteiger partial charge in [-0.1, -0.05) is 18.2 Å². The monoisotopic (exact) mass is 413 g/mol. The summed E-state index contributed by atoms with van der Waals surface area (Å²) in [5.74, 6) is 0.755. The highest BCUT2D eigenvalue weighted by atomic mass is 32.2. The van der Waals surface area contributed by atoms with Crippen molar-refractivity contribution >= 4 is 44.4 Å². The van der Waals surface area contributed by atoms with E-state index in [-0.39, 0.29) is 4.90 Å². The number of sulfonamides is 1. The van der Waals surface area contributed by atoms with E-state index in [9.17, 15) is 8.42 Å². The SMILES string of the molecule is COc1ccc(NC(=S)Nc2ccc(S(=O)(=O)Nc3ccccc3)cc2)cc1. The van der Waals surface area contributed by atoms with E-state index in [0.29, 0.717) is 16.5 Å². The lowest BCUT2D eigenvalue weighted by atomic mass is 10.3. The molecule has 0 saturated heterocycles. The van der Waals surface area contributed by atoms with Gasteiger partial charge in [-0.15, -0.1) is 0 Å². The fourth-order valence-electron chi connectivity index (χ4n) is 2.41. The third-order valence-corrected chi connectivity index (χ3v) is 5.40. The Bertz CT molecular complexity index is 1040. The van der Waals surface area contributed by atoms with Gasteiger partial charge in [0.2, 0.25) is 0 Å². The topological polar surface area (TPSA) is 79.5 Å². The highest BCUT2D eigenvalue weighted by Gasteiger charge is 2.14. The fourth-order valence-corrected chi connectivity index (χ4v) is 3.70. The van der Waals surface area contributed by atoms with Crippen molar-refractivity contribution in [2.24, 2.45) is 0 Å². The van der Waals surface area contributed by atoms with E-state index >= 15 is 0 Å². The van der Waals surface area contributed by atoms with Crippen molar-refractivity contribution in [3.63, 3.8) is 0 Å². The van der Waals surface area contributed by atoms with Crippen molar-refractivity contribution in [2.75, 3.05) is 22.5 Å². The maximum Gasteiger partial charge on any atom is 0.261 e. The molecule has 144 valence electrons. The van der Waals surface area contributed by atoms with Crippen molar-refractivity contribution in [2.45, 2.75) is 4.90 Å². The molecule has 0 saturated carbocycles. The Morgan fingerprint density at radius 3 is 1.86 bits per heavy atom. The molecule has 0 bridgehead atoms. The second-order valence-electron chi connectivity index (χ2n) is 5.80. The lowest BCUT2D eigenvalue weighted by Crippen LogP contribution is -2.19. The van der Waals surface area contributed by atoms with E-state index in [0.717, 1.165) is 11.4 Å². The summed E-state index contributed by atoms with van der Waals surface area (Å²) in [5, 5.41) is 6.47. The first-order valence-corrected chi connectivity index (χ1v) is 10.3. The first-order valence-electron chi connectivity index (χ1n) is 8.36. The summed E-state index contributed by atoms with van der Waals surface area (Å²) in [6.45, 7) is 0. The van der Waals surface area contributed by atoms with Crippen LogP contribution in [-0.4, -0.2) is 20.6 Å². The van der Waals surface area contributed by atoms with Crippen molar-refractivity contribution < 1.29 is 13.2 Å². The molecule has 6 nitrogen and oxygen atoms in total. The van der Waals surface area contributed by atoms with Crippen molar-refractivity contribution in [1.29, 1.82) is 0 Å². The number of rotatable bonds is 6. The van der Waals surface area contributed by atoms with Gasteiger partial charge in [-0.05, 0) is 72.9 Å². The minimum absolute atomic E-state index is 0.163. The molecule has 0 atom stereocenters. The van der Waals surface area contributed by atoms with E-state index in [1.807, 2.05) is 30.3 Å². The van der Waals surface area contributed by atoms with Crippen LogP contribution in [0, 0.1) is 0 Å². The number of nitrogens with one attached hydrogen (secondary N) is 3. The third-order valence-electron chi connectivity index (χ3n) is 3.80. The summed E-state index contributed by atoms with van der Waals surface area (Å²) in [6, 6.07) is 22.4. The van der Waals surface area contributed by atoms with Crippen LogP contribution in [0.1, 0.15) is 0 Å². The highest BCUT2D eigenvalue weighted by molar-refractivity contribution is 7.92. The van der Waals surface area contributed by atoms with Crippen molar-refractivity contribution in [3.05, 3.63) is 78.9 Å². The summed E-state index contributed by atoms with van der Waals surface area (Å²) in [5.41, 5.74) is 1.99. The van der Waals surface area contributed by atoms with E-state index in [4.69, 9.17) is 17.0 Å². The van der Waals surface area contributed by atoms with E-state index in [1.54, 1.807) is 43.5 Å². The van der Waals surface area contributed by atoms with Crippen LogP contribution < -0.4 is 20.1 Å². The lowest BCUT2D eigenvalue weighted by molar-refractivity contribution is 0.415. The highest BCUT2D eigenvalue weighted by Crippen LogP contribution is 2.19. The normalized spacial score (nSPS) is 10.8. The van der Waals surface area contributed by atoms with E-state index < -0.39 is 10.0 Å². The Hall–Kier alpha value is -3.10. The zero-order chi connectivity index (χ0) is 20.0. The number of hydrogen-bond acceptors (Lipinski definition) is 4. The van der Waals surface area contributed by atoms with Gasteiger partial charge in [-0.25, -0.2) is 8.42 Å². The van der Waals surface area contributed by atoms with Crippen LogP contribution in [0.3, 0.4) is 0 Å². The van der Waals surface area contributed by atoms with Gasteiger partial charge in [0.15, 0.2) is 5.11 Å². The van der Waals surface area contributed by atoms with E-state index in [2.05, 4.69) is 15.4 Å². The molecule has 0 aliphatic carbocycles. The van der Waals surface area contributed by atoms with Gasteiger partial charge >= 0.3 is 0 Å². The molecule has 0 heterocycles. The molecule has 3 aromatic rings. The molecule has 8 heteroatoms. The van der Waals surface area contributed by atoms with Crippen LogP contribution in [0.5, 0.6) is 5.75 Å². The minimum Gasteiger partial charge on any atom is -0.497 e. The van der Waals surface area contributed by atoms with Gasteiger partial charge < -0.3 is 15.4 Å². The van der Waals surface area contributed by atoms with Crippen LogP contribution in [0.4, 0.5) is 17.1 Å². The molecular formula is C20H19N3O3S2. The molecule has 0 aliphatic heterocycles. The fraction of sp³-hybridized carbons (Fsp3) is 0.0500. The zero-order valence-corrected chi connectivity index (χ0v) is 16.7. The molecule has 3 rings (SSSR count). The average Bonchev–Trinajstić information content (AvgIpc) is 2.69. The van der Waals surface area contributed by atoms with Crippen LogP contribution in [0.15, 0.2) is 83.8 Å². The predicted molar refractivity (Wildman–Crippen MR) is 117 cm³/mol. The van der Waals surface area contributed by atoms with Gasteiger partial charge in [0.1, 0.15) is 5.75 Å². The number of ether oxygens (including phenoxy) is 1. The summed E-state index contributed by atoms with van der Waals surface area (Å²) in [6.07, 6.45) is 0. The molecule has 3 N–H and O–H groups in total. The average molecular weight is 414 g/mol. The summed E-state index contributed by atoms with van der Waals surface area (Å²) in [7, 11) is -2.05. The van der Waals surface area contributed by atoms with Crippen LogP contribution in [-0.2, 0) is 10.0 Å². The molecule has 0 amide bonds. The molecule has 0 fully saturated rings. The minimum atomic E-state index is -3.65. The third kappa shape index (κ3) is 5.21. The van der Waals surface area contributed by atoms with Crippen LogP contribution >= 0.6 is 12.2 Å². The van der Waals surface area contributed by atoms with Gasteiger partial charge in [-0.2, -0.15) is 0 Å². The maximum absolute atomic E-state index is 12.4. The molecule has 0 unspecified atom stereocenters. The van der Waals surface area contributed by atoms with Gasteiger partial charge in [0.05, 0.1) is 12.0 Å². The first kappa shape index (κ1) is 19.7. The Balaban J connectivity index is 1.62. The number of thiocarbonyl (C=S) groups is 1. The lowest BCUT2D eigenvalue weighted by Gasteiger charge is -2.12. The number of hydrogen-bond donors (Lipinski definition) is 3. The number of benzene rings is 3. The Morgan fingerprint density at radius 2 is 1.32 bits per heavy atom. The second kappa shape index (κ2) is 8.73. The smallest absolute Gasteiger partial charge is 0.261 e. The number of para-hydroxylation sites is 1. The molecule has 0 aromatic heterocycles. The van der Waals surface area contributed by atoms with Crippen molar-refractivity contribution in [3.8, 4) is 5.75 Å². The van der Waals surface area contributed by atoms with Gasteiger partial charge in [-0.3, -0.25) is 4.72 Å². The van der Waals surface area contributed by atoms with Gasteiger partial charge in [0.25, 0.3) is 10.0 Å². The summed E-state index contributed by atoms with van der Waals surface area (Å²) < 4.78 is 32.6. The first-order chi connectivity index (χ1) is 13.5. The molecule has 28 heavy (non-hydrogen) atoms. The van der Waals surface area contributed by atoms with Crippen LogP contribution in [0.25, 0.3) is 0 Å². The summed E-state index contributed by atoms with van der Waals surface area (Å²) in [4.78, 5) is 0.163. The Labute approximate surface area is 169 Å². The quantitative estimate of drug-likeness (QED) is 0.523. The second-order valence-corrected chi connectivity index (χ2v) is 7.89. The molecule has 0 radical (unpaired) electrons. The standard InChI is InChI=1S/C20H19N3O3S2/c1-26-18-11-7-15(8-12-18)21-20(27)22-16-9-13-19(14-10-16)28(24,25)23-17-5-3-2-4-6-17/h2-14,23H,1H3,(H2,21,22,27). The van der Waals surface area contributed by atoms with Gasteiger partial charge in [0, 0.05) is 17.1 Å². The molecule has 0 spiro atoms. The zero-order valence-electron chi connectivity index (χ0n) is 15.0. The Morgan fingerprint density at radius 1 is 0.786 bits per heavy atom. The maximum atomic E-state index is 12.4. The molecule has 3 aromatic carbocycles. The Kier molecular flexibility index (Phi) is 6.13. The largest absolute Gasteiger partial charge is 0.497 e. The predicted octanol–water partition coefficient (Wildman–Crippen LogP) is 4.30. The molecular weight excluding hydrogens is 394 g/mol. The number of anilines is 3. The molecule has 0 aliphatic rings. The summed E-state index contributed by atoms with van der Waals surface area (Å²) >= 11 is 5.29. The van der Waals surface area contributed by atoms with Crippen molar-refractivity contribution in [1.82, 2.24) is 0 Å².